The highest BCUT2D eigenvalue weighted by Gasteiger charge is 2.21. The third kappa shape index (κ3) is 5.76. The van der Waals surface area contributed by atoms with E-state index in [4.69, 9.17) is 18.9 Å². The Hall–Kier alpha value is -3.80. The van der Waals surface area contributed by atoms with Crippen molar-refractivity contribution in [2.45, 2.75) is 26.2 Å². The number of ether oxygens (including phenoxy) is 4. The molecule has 3 rings (SSSR count). The van der Waals surface area contributed by atoms with Gasteiger partial charge in [0.2, 0.25) is 0 Å². The topological polar surface area (TPSA) is 71.1 Å². The lowest BCUT2D eigenvalue weighted by atomic mass is 9.85. The molecule has 0 bridgehead atoms. The minimum absolute atomic E-state index is 0.116. The Morgan fingerprint density at radius 3 is 1.71 bits per heavy atom. The van der Waals surface area contributed by atoms with E-state index in [9.17, 15) is 9.59 Å². The van der Waals surface area contributed by atoms with Crippen LogP contribution < -0.4 is 9.47 Å². The van der Waals surface area contributed by atoms with Gasteiger partial charge in [0, 0.05) is 21.5 Å². The number of carbonyl (C=O) groups excluding carboxylic acids is 2. The standard InChI is InChI=1S/C28H30O6/c1-6-14-31-24(29)17-33-26-20-10-8-9-11-21(20)27(34-18-25(30)32-15-7-2)23-16-19(28(3,4)5)12-13-22(23)26/h6-13,16H,1-2,14-15,17-18H2,3-5H3. The van der Waals surface area contributed by atoms with E-state index in [1.807, 2.05) is 42.5 Å². The quantitative estimate of drug-likeness (QED) is 0.225. The summed E-state index contributed by atoms with van der Waals surface area (Å²) in [6, 6.07) is 13.6. The van der Waals surface area contributed by atoms with Gasteiger partial charge in [-0.05, 0) is 17.0 Å². The van der Waals surface area contributed by atoms with Crippen LogP contribution in [-0.4, -0.2) is 38.4 Å². The van der Waals surface area contributed by atoms with Gasteiger partial charge in [0.05, 0.1) is 0 Å². The maximum Gasteiger partial charge on any atom is 0.344 e. The Balaban J connectivity index is 2.14. The summed E-state index contributed by atoms with van der Waals surface area (Å²) in [5.74, 6) is 0.111. The molecule has 34 heavy (non-hydrogen) atoms. The number of carbonyl (C=O) groups is 2. The van der Waals surface area contributed by atoms with Crippen molar-refractivity contribution in [2.75, 3.05) is 26.4 Å². The van der Waals surface area contributed by atoms with Crippen molar-refractivity contribution >= 4 is 33.5 Å². The molecule has 6 heteroatoms. The number of rotatable bonds is 10. The highest BCUT2D eigenvalue weighted by molar-refractivity contribution is 6.11. The average Bonchev–Trinajstić information content (AvgIpc) is 2.82. The largest absolute Gasteiger partial charge is 0.481 e. The molecule has 0 aliphatic rings. The number of esters is 2. The Morgan fingerprint density at radius 1 is 0.765 bits per heavy atom. The van der Waals surface area contributed by atoms with Crippen LogP contribution in [0, 0.1) is 0 Å². The molecule has 0 fully saturated rings. The predicted octanol–water partition coefficient (Wildman–Crippen LogP) is 5.51. The summed E-state index contributed by atoms with van der Waals surface area (Å²) in [6.45, 7) is 13.2. The summed E-state index contributed by atoms with van der Waals surface area (Å²) in [5.41, 5.74) is 0.973. The minimum Gasteiger partial charge on any atom is -0.481 e. The van der Waals surface area contributed by atoms with E-state index in [1.165, 1.54) is 12.2 Å². The van der Waals surface area contributed by atoms with Gasteiger partial charge >= 0.3 is 11.9 Å². The average molecular weight is 463 g/mol. The van der Waals surface area contributed by atoms with Crippen molar-refractivity contribution in [3.8, 4) is 11.5 Å². The van der Waals surface area contributed by atoms with E-state index in [2.05, 4.69) is 33.9 Å². The SMILES string of the molecule is C=CCOC(=O)COc1c2ccccc2c(OCC(=O)OCC=C)c2cc(C(C)(C)C)ccc12. The van der Waals surface area contributed by atoms with Crippen LogP contribution in [0.1, 0.15) is 26.3 Å². The summed E-state index contributed by atoms with van der Waals surface area (Å²) < 4.78 is 22.1. The lowest BCUT2D eigenvalue weighted by molar-refractivity contribution is -0.145. The van der Waals surface area contributed by atoms with Crippen LogP contribution in [0.3, 0.4) is 0 Å². The number of hydrogen-bond acceptors (Lipinski definition) is 6. The van der Waals surface area contributed by atoms with Crippen molar-refractivity contribution in [1.82, 2.24) is 0 Å². The summed E-state index contributed by atoms with van der Waals surface area (Å²) in [4.78, 5) is 24.2. The van der Waals surface area contributed by atoms with Crippen molar-refractivity contribution in [3.63, 3.8) is 0 Å². The van der Waals surface area contributed by atoms with Crippen LogP contribution in [0.2, 0.25) is 0 Å². The number of benzene rings is 3. The Labute approximate surface area is 199 Å². The molecular formula is C28H30O6. The molecule has 3 aromatic rings. The molecule has 0 N–H and O–H groups in total. The first-order valence-electron chi connectivity index (χ1n) is 11.0. The Morgan fingerprint density at radius 2 is 1.24 bits per heavy atom. The van der Waals surface area contributed by atoms with Crippen LogP contribution >= 0.6 is 0 Å². The molecule has 0 saturated heterocycles. The number of hydrogen-bond donors (Lipinski definition) is 0. The summed E-state index contributed by atoms with van der Waals surface area (Å²) in [6.07, 6.45) is 3.01. The third-order valence-electron chi connectivity index (χ3n) is 5.18. The molecule has 0 aromatic heterocycles. The lowest BCUT2D eigenvalue weighted by Crippen LogP contribution is -2.16. The fraction of sp³-hybridized carbons (Fsp3) is 0.286. The molecule has 0 heterocycles. The maximum absolute atomic E-state index is 12.1. The van der Waals surface area contributed by atoms with E-state index in [0.717, 1.165) is 27.1 Å². The number of fused-ring (bicyclic) bond motifs is 2. The highest BCUT2D eigenvalue weighted by atomic mass is 16.6. The summed E-state index contributed by atoms with van der Waals surface area (Å²) in [7, 11) is 0. The first-order chi connectivity index (χ1) is 16.3. The maximum atomic E-state index is 12.1. The molecule has 0 spiro atoms. The summed E-state index contributed by atoms with van der Waals surface area (Å²) >= 11 is 0. The van der Waals surface area contributed by atoms with E-state index in [1.54, 1.807) is 0 Å². The predicted molar refractivity (Wildman–Crippen MR) is 133 cm³/mol. The van der Waals surface area contributed by atoms with Gasteiger partial charge in [-0.2, -0.15) is 0 Å². The van der Waals surface area contributed by atoms with E-state index in [0.29, 0.717) is 11.5 Å². The van der Waals surface area contributed by atoms with E-state index in [-0.39, 0.29) is 31.8 Å². The zero-order valence-electron chi connectivity index (χ0n) is 19.9. The molecule has 0 atom stereocenters. The first kappa shape index (κ1) is 24.8. The fourth-order valence-electron chi connectivity index (χ4n) is 3.53. The zero-order chi connectivity index (χ0) is 24.7. The third-order valence-corrected chi connectivity index (χ3v) is 5.18. The van der Waals surface area contributed by atoms with E-state index >= 15 is 0 Å². The van der Waals surface area contributed by atoms with Crippen LogP contribution in [0.4, 0.5) is 0 Å². The second kappa shape index (κ2) is 10.9. The zero-order valence-corrected chi connectivity index (χ0v) is 19.9. The molecule has 0 saturated carbocycles. The van der Waals surface area contributed by atoms with Crippen molar-refractivity contribution in [3.05, 3.63) is 73.3 Å². The van der Waals surface area contributed by atoms with Crippen molar-refractivity contribution in [2.24, 2.45) is 0 Å². The molecule has 0 amide bonds. The van der Waals surface area contributed by atoms with E-state index < -0.39 is 11.9 Å². The van der Waals surface area contributed by atoms with Crippen LogP contribution in [0.25, 0.3) is 21.5 Å². The van der Waals surface area contributed by atoms with Gasteiger partial charge in [-0.25, -0.2) is 9.59 Å². The minimum atomic E-state index is -0.492. The van der Waals surface area contributed by atoms with Gasteiger partial charge in [-0.1, -0.05) is 82.5 Å². The summed E-state index contributed by atoms with van der Waals surface area (Å²) in [5, 5.41) is 3.05. The van der Waals surface area contributed by atoms with Gasteiger partial charge in [-0.3, -0.25) is 0 Å². The smallest absolute Gasteiger partial charge is 0.344 e. The van der Waals surface area contributed by atoms with Crippen LogP contribution in [0.5, 0.6) is 11.5 Å². The van der Waals surface area contributed by atoms with Gasteiger partial charge in [0.1, 0.15) is 24.7 Å². The molecule has 178 valence electrons. The highest BCUT2D eigenvalue weighted by Crippen LogP contribution is 2.44. The second-order valence-electron chi connectivity index (χ2n) is 8.73. The normalized spacial score (nSPS) is 11.1. The first-order valence-corrected chi connectivity index (χ1v) is 11.0. The molecule has 0 aliphatic heterocycles. The fourth-order valence-corrected chi connectivity index (χ4v) is 3.53. The van der Waals surface area contributed by atoms with Crippen molar-refractivity contribution < 1.29 is 28.5 Å². The molecule has 0 radical (unpaired) electrons. The van der Waals surface area contributed by atoms with Gasteiger partial charge < -0.3 is 18.9 Å². The molecule has 0 unspecified atom stereocenters. The molecule has 0 aliphatic carbocycles. The van der Waals surface area contributed by atoms with Gasteiger partial charge in [0.25, 0.3) is 0 Å². The Bertz CT molecular complexity index is 1220. The van der Waals surface area contributed by atoms with Crippen LogP contribution in [0.15, 0.2) is 67.8 Å². The lowest BCUT2D eigenvalue weighted by Gasteiger charge is -2.22. The van der Waals surface area contributed by atoms with Gasteiger partial charge in [-0.15, -0.1) is 0 Å². The molecule has 3 aromatic carbocycles. The monoisotopic (exact) mass is 462 g/mol. The molecular weight excluding hydrogens is 432 g/mol. The Kier molecular flexibility index (Phi) is 7.95. The van der Waals surface area contributed by atoms with Crippen LogP contribution in [-0.2, 0) is 24.5 Å². The molecule has 6 nitrogen and oxygen atoms in total. The second-order valence-corrected chi connectivity index (χ2v) is 8.73. The van der Waals surface area contributed by atoms with Crippen molar-refractivity contribution in [1.29, 1.82) is 0 Å². The van der Waals surface area contributed by atoms with Gasteiger partial charge in [0.15, 0.2) is 13.2 Å².